The molecular formula is C25H17Cl4F2N3O2. The Morgan fingerprint density at radius 2 is 1.75 bits per heavy atom. The maximum atomic E-state index is 14.2. The molecule has 1 aliphatic rings. The third-order valence-electron chi connectivity index (χ3n) is 5.73. The number of carbonyl (C=O) groups excluding carboxylic acids is 2. The molecule has 0 bridgehead atoms. The molecule has 0 heterocycles. The molecule has 1 aliphatic carbocycles. The standard InChI is InChI=1S/C25H17Cl4F2N3O2/c1-2-11-7-12(9-13(26)8-11)19-20(25(19,28)29)24(36)33-14-3-4-16(27)15(10-14)23(35)34-18-6-5-17(30)22(32)21(18)31/h2-10,19-20H,1,32H2,(H,33,36)(H,34,35)/t19-,20+/m0/s1. The summed E-state index contributed by atoms with van der Waals surface area (Å²) in [4.78, 5) is 25.7. The molecule has 36 heavy (non-hydrogen) atoms. The average Bonchev–Trinajstić information content (AvgIpc) is 3.42. The Hall–Kier alpha value is -2.84. The molecule has 2 amide bonds. The average molecular weight is 571 g/mol. The van der Waals surface area contributed by atoms with Crippen LogP contribution < -0.4 is 16.4 Å². The molecule has 0 saturated heterocycles. The van der Waals surface area contributed by atoms with Crippen molar-refractivity contribution in [3.63, 3.8) is 0 Å². The fraction of sp³-hybridized carbons (Fsp3) is 0.120. The number of alkyl halides is 2. The Bertz CT molecular complexity index is 1410. The second-order valence-electron chi connectivity index (χ2n) is 8.11. The van der Waals surface area contributed by atoms with Gasteiger partial charge < -0.3 is 16.4 Å². The Kier molecular flexibility index (Phi) is 7.21. The predicted octanol–water partition coefficient (Wildman–Crippen LogP) is 7.28. The molecule has 3 aromatic rings. The van der Waals surface area contributed by atoms with Gasteiger partial charge in [-0.3, -0.25) is 9.59 Å². The molecule has 0 spiro atoms. The van der Waals surface area contributed by atoms with Crippen molar-refractivity contribution in [1.29, 1.82) is 0 Å². The molecule has 0 aromatic heterocycles. The highest BCUT2D eigenvalue weighted by Gasteiger charge is 2.67. The van der Waals surface area contributed by atoms with Crippen molar-refractivity contribution in [2.45, 2.75) is 10.3 Å². The molecule has 11 heteroatoms. The number of nitrogen functional groups attached to an aromatic ring is 1. The van der Waals surface area contributed by atoms with Crippen LogP contribution in [0.3, 0.4) is 0 Å². The van der Waals surface area contributed by atoms with Gasteiger partial charge in [-0.25, -0.2) is 8.78 Å². The number of rotatable bonds is 6. The van der Waals surface area contributed by atoms with Crippen LogP contribution in [0.2, 0.25) is 10.0 Å². The zero-order chi connectivity index (χ0) is 26.4. The fourth-order valence-corrected chi connectivity index (χ4v) is 5.14. The van der Waals surface area contributed by atoms with Crippen LogP contribution in [-0.2, 0) is 4.79 Å². The number of halogens is 6. The second-order valence-corrected chi connectivity index (χ2v) is 10.4. The highest BCUT2D eigenvalue weighted by molar-refractivity contribution is 6.53. The van der Waals surface area contributed by atoms with Crippen LogP contribution in [0.4, 0.5) is 25.8 Å². The lowest BCUT2D eigenvalue weighted by atomic mass is 10.1. The summed E-state index contributed by atoms with van der Waals surface area (Å²) in [7, 11) is 0. The fourth-order valence-electron chi connectivity index (χ4n) is 3.85. The summed E-state index contributed by atoms with van der Waals surface area (Å²) in [6.45, 7) is 3.72. The maximum Gasteiger partial charge on any atom is 0.257 e. The SMILES string of the molecule is C=Cc1cc(Cl)cc([C@H]2[C@H](C(=O)Nc3ccc(Cl)c(C(=O)Nc4ccc(F)c(N)c4F)c3)C2(Cl)Cl)c1. The Balaban J connectivity index is 1.53. The van der Waals surface area contributed by atoms with Gasteiger partial charge in [0.25, 0.3) is 5.91 Å². The zero-order valence-corrected chi connectivity index (χ0v) is 21.2. The van der Waals surface area contributed by atoms with E-state index in [9.17, 15) is 18.4 Å². The summed E-state index contributed by atoms with van der Waals surface area (Å²) in [5, 5.41) is 5.44. The first-order valence-electron chi connectivity index (χ1n) is 10.4. The van der Waals surface area contributed by atoms with E-state index in [1.807, 2.05) is 0 Å². The number of amides is 2. The predicted molar refractivity (Wildman–Crippen MR) is 141 cm³/mol. The third kappa shape index (κ3) is 5.02. The van der Waals surface area contributed by atoms with E-state index in [-0.39, 0.29) is 22.0 Å². The summed E-state index contributed by atoms with van der Waals surface area (Å²) in [5.41, 5.74) is 5.85. The van der Waals surface area contributed by atoms with Crippen molar-refractivity contribution in [2.24, 2.45) is 5.92 Å². The van der Waals surface area contributed by atoms with Gasteiger partial charge in [0.15, 0.2) is 5.82 Å². The van der Waals surface area contributed by atoms with Gasteiger partial charge in [0.05, 0.1) is 22.2 Å². The van der Waals surface area contributed by atoms with Crippen molar-refractivity contribution < 1.29 is 18.4 Å². The van der Waals surface area contributed by atoms with Gasteiger partial charge in [-0.05, 0) is 53.6 Å². The molecule has 3 aromatic carbocycles. The van der Waals surface area contributed by atoms with Crippen LogP contribution in [0, 0.1) is 17.6 Å². The van der Waals surface area contributed by atoms with Crippen LogP contribution >= 0.6 is 46.4 Å². The van der Waals surface area contributed by atoms with E-state index in [1.54, 1.807) is 24.3 Å². The minimum Gasteiger partial charge on any atom is -0.394 e. The van der Waals surface area contributed by atoms with Crippen LogP contribution in [0.1, 0.15) is 27.4 Å². The van der Waals surface area contributed by atoms with Gasteiger partial charge in [0.1, 0.15) is 15.8 Å². The molecule has 0 aliphatic heterocycles. The molecule has 5 nitrogen and oxygen atoms in total. The molecule has 186 valence electrons. The summed E-state index contributed by atoms with van der Waals surface area (Å²) >= 11 is 25.2. The van der Waals surface area contributed by atoms with E-state index in [1.165, 1.54) is 18.2 Å². The van der Waals surface area contributed by atoms with Crippen LogP contribution in [-0.4, -0.2) is 16.1 Å². The molecular weight excluding hydrogens is 554 g/mol. The van der Waals surface area contributed by atoms with Gasteiger partial charge in [0, 0.05) is 16.6 Å². The maximum absolute atomic E-state index is 14.2. The van der Waals surface area contributed by atoms with E-state index in [0.717, 1.165) is 17.7 Å². The van der Waals surface area contributed by atoms with E-state index < -0.39 is 45.3 Å². The summed E-state index contributed by atoms with van der Waals surface area (Å²) in [5.74, 6) is -4.70. The van der Waals surface area contributed by atoms with Crippen LogP contribution in [0.15, 0.2) is 55.1 Å². The van der Waals surface area contributed by atoms with Gasteiger partial charge in [-0.2, -0.15) is 0 Å². The Morgan fingerprint density at radius 1 is 1.03 bits per heavy atom. The lowest BCUT2D eigenvalue weighted by molar-refractivity contribution is -0.117. The molecule has 0 radical (unpaired) electrons. The first kappa shape index (κ1) is 26.2. The van der Waals surface area contributed by atoms with Crippen molar-refractivity contribution in [3.05, 3.63) is 93.5 Å². The lowest BCUT2D eigenvalue weighted by Gasteiger charge is -2.11. The summed E-state index contributed by atoms with van der Waals surface area (Å²) < 4.78 is 26.2. The smallest absolute Gasteiger partial charge is 0.257 e. The molecule has 4 N–H and O–H groups in total. The number of benzene rings is 3. The number of hydrogen-bond donors (Lipinski definition) is 3. The number of nitrogens with two attached hydrogens (primary N) is 1. The van der Waals surface area contributed by atoms with Gasteiger partial charge in [-0.15, -0.1) is 23.2 Å². The largest absolute Gasteiger partial charge is 0.394 e. The summed E-state index contributed by atoms with van der Waals surface area (Å²) in [6.07, 6.45) is 1.61. The summed E-state index contributed by atoms with van der Waals surface area (Å²) in [6, 6.07) is 11.3. The normalized spacial score (nSPS) is 17.8. The molecule has 2 atom stereocenters. The Morgan fingerprint density at radius 3 is 2.44 bits per heavy atom. The number of anilines is 3. The Labute approximate surface area is 225 Å². The second kappa shape index (κ2) is 9.90. The van der Waals surface area contributed by atoms with E-state index in [0.29, 0.717) is 10.6 Å². The first-order chi connectivity index (χ1) is 16.9. The van der Waals surface area contributed by atoms with Crippen molar-refractivity contribution in [3.8, 4) is 0 Å². The van der Waals surface area contributed by atoms with Crippen LogP contribution in [0.25, 0.3) is 6.08 Å². The topological polar surface area (TPSA) is 84.2 Å². The van der Waals surface area contributed by atoms with E-state index in [2.05, 4.69) is 17.2 Å². The molecule has 1 saturated carbocycles. The first-order valence-corrected chi connectivity index (χ1v) is 11.9. The third-order valence-corrected chi connectivity index (χ3v) is 7.21. The minimum absolute atomic E-state index is 0.0326. The monoisotopic (exact) mass is 569 g/mol. The number of hydrogen-bond acceptors (Lipinski definition) is 3. The number of nitrogens with one attached hydrogen (secondary N) is 2. The van der Waals surface area contributed by atoms with Crippen molar-refractivity contribution in [2.75, 3.05) is 16.4 Å². The van der Waals surface area contributed by atoms with Crippen molar-refractivity contribution in [1.82, 2.24) is 0 Å². The quantitative estimate of drug-likeness (QED) is 0.215. The highest BCUT2D eigenvalue weighted by atomic mass is 35.5. The molecule has 1 fully saturated rings. The van der Waals surface area contributed by atoms with Gasteiger partial charge in [-0.1, -0.05) is 41.9 Å². The van der Waals surface area contributed by atoms with Crippen molar-refractivity contribution >= 4 is 81.4 Å². The lowest BCUT2D eigenvalue weighted by Crippen LogP contribution is -2.18. The molecule has 4 rings (SSSR count). The van der Waals surface area contributed by atoms with Gasteiger partial charge in [0.2, 0.25) is 5.91 Å². The zero-order valence-electron chi connectivity index (χ0n) is 18.2. The highest BCUT2D eigenvalue weighted by Crippen LogP contribution is 2.65. The van der Waals surface area contributed by atoms with E-state index >= 15 is 0 Å². The van der Waals surface area contributed by atoms with Crippen LogP contribution in [0.5, 0.6) is 0 Å². The number of carbonyl (C=O) groups is 2. The van der Waals surface area contributed by atoms with Gasteiger partial charge >= 0.3 is 0 Å². The minimum atomic E-state index is -1.38. The molecule has 0 unspecified atom stereocenters. The van der Waals surface area contributed by atoms with E-state index in [4.69, 9.17) is 52.1 Å².